The minimum Gasteiger partial charge on any atom is -0.497 e. The Bertz CT molecular complexity index is 899. The molecular formula is C22H25F3N2O5. The summed E-state index contributed by atoms with van der Waals surface area (Å²) in [7, 11) is 1.51. The maximum absolute atomic E-state index is 12.6. The predicted molar refractivity (Wildman–Crippen MR) is 110 cm³/mol. The van der Waals surface area contributed by atoms with Crippen LogP contribution in [0.1, 0.15) is 35.9 Å². The first kappa shape index (κ1) is 25.0. The number of carbonyl (C=O) groups excluding carboxylic acids is 2. The van der Waals surface area contributed by atoms with Crippen LogP contribution in [-0.2, 0) is 4.79 Å². The number of hydrogen-bond acceptors (Lipinski definition) is 5. The Hall–Kier alpha value is -3.27. The molecule has 0 bridgehead atoms. The van der Waals surface area contributed by atoms with Crippen LogP contribution in [0.15, 0.2) is 48.5 Å². The van der Waals surface area contributed by atoms with Gasteiger partial charge in [-0.3, -0.25) is 9.59 Å². The monoisotopic (exact) mass is 454 g/mol. The maximum Gasteiger partial charge on any atom is 0.573 e. The van der Waals surface area contributed by atoms with Crippen molar-refractivity contribution in [2.75, 3.05) is 13.7 Å². The van der Waals surface area contributed by atoms with E-state index in [1.165, 1.54) is 19.2 Å². The van der Waals surface area contributed by atoms with Gasteiger partial charge in [-0.05, 0) is 47.9 Å². The quantitative estimate of drug-likeness (QED) is 0.541. The molecule has 3 N–H and O–H groups in total. The van der Waals surface area contributed by atoms with Crippen LogP contribution < -0.4 is 20.1 Å². The molecule has 0 aromatic heterocycles. The van der Waals surface area contributed by atoms with Crippen LogP contribution in [0.25, 0.3) is 0 Å². The Morgan fingerprint density at radius 3 is 2.06 bits per heavy atom. The number of ether oxygens (including phenoxy) is 2. The van der Waals surface area contributed by atoms with Crippen molar-refractivity contribution >= 4 is 11.8 Å². The molecule has 0 spiro atoms. The van der Waals surface area contributed by atoms with Crippen LogP contribution in [0.5, 0.6) is 11.5 Å². The van der Waals surface area contributed by atoms with E-state index in [4.69, 9.17) is 4.74 Å². The Morgan fingerprint density at radius 1 is 1.00 bits per heavy atom. The van der Waals surface area contributed by atoms with E-state index in [-0.39, 0.29) is 12.5 Å². The number of hydrogen-bond donors (Lipinski definition) is 3. The second kappa shape index (κ2) is 10.9. The second-order valence-electron chi connectivity index (χ2n) is 7.30. The average Bonchev–Trinajstić information content (AvgIpc) is 2.74. The van der Waals surface area contributed by atoms with Crippen molar-refractivity contribution in [3.8, 4) is 11.5 Å². The molecule has 0 heterocycles. The number of methoxy groups -OCH3 is 1. The number of amides is 2. The summed E-state index contributed by atoms with van der Waals surface area (Å²) in [6, 6.07) is 10.2. The molecule has 7 nitrogen and oxygen atoms in total. The van der Waals surface area contributed by atoms with E-state index in [1.807, 2.05) is 0 Å². The van der Waals surface area contributed by atoms with Crippen LogP contribution in [-0.4, -0.2) is 43.0 Å². The summed E-state index contributed by atoms with van der Waals surface area (Å²) >= 11 is 0. The molecule has 0 saturated heterocycles. The normalized spacial score (nSPS) is 13.2. The highest BCUT2D eigenvalue weighted by molar-refractivity contribution is 5.97. The molecule has 0 radical (unpaired) electrons. The van der Waals surface area contributed by atoms with Crippen molar-refractivity contribution in [3.63, 3.8) is 0 Å². The molecule has 2 aromatic rings. The summed E-state index contributed by atoms with van der Waals surface area (Å²) < 4.78 is 45.5. The highest BCUT2D eigenvalue weighted by Crippen LogP contribution is 2.24. The third-order valence-corrected chi connectivity index (χ3v) is 4.56. The first-order chi connectivity index (χ1) is 15.0. The Morgan fingerprint density at radius 2 is 1.56 bits per heavy atom. The number of nitrogens with one attached hydrogen (secondary N) is 2. The molecule has 0 saturated carbocycles. The fraction of sp³-hybridized carbons (Fsp3) is 0.364. The lowest BCUT2D eigenvalue weighted by atomic mass is 10.0. The van der Waals surface area contributed by atoms with Gasteiger partial charge < -0.3 is 25.2 Å². The lowest BCUT2D eigenvalue weighted by Gasteiger charge is -2.23. The van der Waals surface area contributed by atoms with Gasteiger partial charge in [0.2, 0.25) is 5.91 Å². The van der Waals surface area contributed by atoms with Crippen molar-refractivity contribution < 1.29 is 37.3 Å². The number of aliphatic hydroxyl groups is 1. The molecule has 0 fully saturated rings. The van der Waals surface area contributed by atoms with Crippen molar-refractivity contribution in [2.45, 2.75) is 32.4 Å². The number of aliphatic hydroxyl groups excluding tert-OH is 1. The molecule has 0 aliphatic carbocycles. The highest BCUT2D eigenvalue weighted by atomic mass is 19.4. The maximum atomic E-state index is 12.6. The van der Waals surface area contributed by atoms with Crippen molar-refractivity contribution in [1.82, 2.24) is 10.6 Å². The summed E-state index contributed by atoms with van der Waals surface area (Å²) in [5.41, 5.74) is 0.647. The zero-order valence-electron chi connectivity index (χ0n) is 17.8. The van der Waals surface area contributed by atoms with E-state index in [0.29, 0.717) is 16.9 Å². The highest BCUT2D eigenvalue weighted by Gasteiger charge is 2.31. The van der Waals surface area contributed by atoms with Gasteiger partial charge in [0.1, 0.15) is 17.5 Å². The van der Waals surface area contributed by atoms with Gasteiger partial charge in [-0.15, -0.1) is 13.2 Å². The molecule has 2 amide bonds. The molecule has 32 heavy (non-hydrogen) atoms. The molecule has 2 atom stereocenters. The van der Waals surface area contributed by atoms with E-state index in [2.05, 4.69) is 15.4 Å². The minimum absolute atomic E-state index is 0.195. The molecule has 2 unspecified atom stereocenters. The Kier molecular flexibility index (Phi) is 8.48. The smallest absolute Gasteiger partial charge is 0.497 e. The molecule has 174 valence electrons. The van der Waals surface area contributed by atoms with E-state index in [9.17, 15) is 27.9 Å². The van der Waals surface area contributed by atoms with E-state index in [1.54, 1.807) is 38.1 Å². The number of alkyl halides is 3. The van der Waals surface area contributed by atoms with Gasteiger partial charge >= 0.3 is 6.36 Å². The standard InChI is InChI=1S/C22H25F3N2O5/c1-13(2)19(27-20(29)15-6-8-16(31-3)9-7-15)21(30)26-12-18(28)14-4-10-17(11-5-14)32-22(23,24)25/h4-11,13,18-19,28H,12H2,1-3H3,(H,26,30)(H,27,29). The van der Waals surface area contributed by atoms with Gasteiger partial charge in [-0.25, -0.2) is 0 Å². The average molecular weight is 454 g/mol. The lowest BCUT2D eigenvalue weighted by molar-refractivity contribution is -0.274. The fourth-order valence-corrected chi connectivity index (χ4v) is 2.82. The van der Waals surface area contributed by atoms with Gasteiger partial charge in [0.05, 0.1) is 13.2 Å². The number of carbonyl (C=O) groups is 2. The summed E-state index contributed by atoms with van der Waals surface area (Å²) in [6.45, 7) is 3.32. The largest absolute Gasteiger partial charge is 0.573 e. The molecule has 10 heteroatoms. The van der Waals surface area contributed by atoms with Gasteiger partial charge in [-0.1, -0.05) is 26.0 Å². The third kappa shape index (κ3) is 7.45. The van der Waals surface area contributed by atoms with Crippen LogP contribution in [0.2, 0.25) is 0 Å². The Balaban J connectivity index is 1.95. The van der Waals surface area contributed by atoms with Gasteiger partial charge in [0, 0.05) is 12.1 Å². The SMILES string of the molecule is COc1ccc(C(=O)NC(C(=O)NCC(O)c2ccc(OC(F)(F)F)cc2)C(C)C)cc1. The van der Waals surface area contributed by atoms with Crippen LogP contribution in [0.4, 0.5) is 13.2 Å². The van der Waals surface area contributed by atoms with E-state index >= 15 is 0 Å². The van der Waals surface area contributed by atoms with Crippen LogP contribution in [0, 0.1) is 5.92 Å². The lowest BCUT2D eigenvalue weighted by Crippen LogP contribution is -2.50. The van der Waals surface area contributed by atoms with Gasteiger partial charge in [0.25, 0.3) is 5.91 Å². The summed E-state index contributed by atoms with van der Waals surface area (Å²) in [6.07, 6.45) is -5.97. The van der Waals surface area contributed by atoms with Gasteiger partial charge in [0.15, 0.2) is 0 Å². The first-order valence-corrected chi connectivity index (χ1v) is 9.76. The molecule has 2 rings (SSSR count). The van der Waals surface area contributed by atoms with Crippen LogP contribution in [0.3, 0.4) is 0 Å². The van der Waals surface area contributed by atoms with Crippen molar-refractivity contribution in [2.24, 2.45) is 5.92 Å². The third-order valence-electron chi connectivity index (χ3n) is 4.56. The second-order valence-corrected chi connectivity index (χ2v) is 7.30. The minimum atomic E-state index is -4.81. The summed E-state index contributed by atoms with van der Waals surface area (Å²) in [5.74, 6) is -1.02. The molecule has 2 aromatic carbocycles. The fourth-order valence-electron chi connectivity index (χ4n) is 2.82. The summed E-state index contributed by atoms with van der Waals surface area (Å²) in [5, 5.41) is 15.5. The zero-order valence-corrected chi connectivity index (χ0v) is 17.8. The molecule has 0 aliphatic heterocycles. The number of halogens is 3. The predicted octanol–water partition coefficient (Wildman–Crippen LogP) is 3.20. The molecular weight excluding hydrogens is 429 g/mol. The topological polar surface area (TPSA) is 96.9 Å². The van der Waals surface area contributed by atoms with Crippen molar-refractivity contribution in [3.05, 3.63) is 59.7 Å². The zero-order chi connectivity index (χ0) is 23.9. The van der Waals surface area contributed by atoms with E-state index in [0.717, 1.165) is 12.1 Å². The number of rotatable bonds is 9. The van der Waals surface area contributed by atoms with Gasteiger partial charge in [-0.2, -0.15) is 0 Å². The number of benzene rings is 2. The van der Waals surface area contributed by atoms with Crippen molar-refractivity contribution in [1.29, 1.82) is 0 Å². The summed E-state index contributed by atoms with van der Waals surface area (Å²) in [4.78, 5) is 25.1. The molecule has 0 aliphatic rings. The first-order valence-electron chi connectivity index (χ1n) is 9.76. The van der Waals surface area contributed by atoms with Crippen LogP contribution >= 0.6 is 0 Å². The Labute approximate surface area is 183 Å². The van der Waals surface area contributed by atoms with E-state index < -0.39 is 36.1 Å².